The maximum atomic E-state index is 12.0. The van der Waals surface area contributed by atoms with Gasteiger partial charge < -0.3 is 15.2 Å². The van der Waals surface area contributed by atoms with Crippen LogP contribution in [0.3, 0.4) is 0 Å². The molecule has 1 rings (SSSR count). The zero-order chi connectivity index (χ0) is 14.6. The highest BCUT2D eigenvalue weighted by Crippen LogP contribution is 2.20. The van der Waals surface area contributed by atoms with Gasteiger partial charge >= 0.3 is 5.97 Å². The fraction of sp³-hybridized carbons (Fsp3) is 0.429. The van der Waals surface area contributed by atoms with Crippen LogP contribution in [0.25, 0.3) is 0 Å². The van der Waals surface area contributed by atoms with Crippen molar-refractivity contribution in [3.05, 3.63) is 35.4 Å². The Balaban J connectivity index is 2.86. The highest BCUT2D eigenvalue weighted by Gasteiger charge is 2.20. The average molecular weight is 265 g/mol. The third-order valence-electron chi connectivity index (χ3n) is 2.73. The van der Waals surface area contributed by atoms with Gasteiger partial charge in [-0.1, -0.05) is 12.1 Å². The van der Waals surface area contributed by atoms with Crippen LogP contribution in [0.15, 0.2) is 24.3 Å². The summed E-state index contributed by atoms with van der Waals surface area (Å²) in [6.07, 6.45) is 0. The molecule has 104 valence electrons. The number of methoxy groups -OCH3 is 1. The molecule has 0 saturated heterocycles. The van der Waals surface area contributed by atoms with Crippen LogP contribution in [0.5, 0.6) is 0 Å². The maximum Gasteiger partial charge on any atom is 0.328 e. The second-order valence-corrected chi connectivity index (χ2v) is 4.86. The zero-order valence-corrected chi connectivity index (χ0v) is 11.6. The van der Waals surface area contributed by atoms with Crippen LogP contribution < -0.4 is 5.32 Å². The lowest BCUT2D eigenvalue weighted by Gasteiger charge is -2.18. The maximum absolute atomic E-state index is 12.0. The summed E-state index contributed by atoms with van der Waals surface area (Å²) in [6.45, 7) is 4.83. The van der Waals surface area contributed by atoms with Gasteiger partial charge in [0.25, 0.3) is 5.91 Å². The van der Waals surface area contributed by atoms with E-state index in [1.165, 1.54) is 7.11 Å². The summed E-state index contributed by atoms with van der Waals surface area (Å²) in [4.78, 5) is 23.2. The van der Waals surface area contributed by atoms with Crippen molar-refractivity contribution < 1.29 is 19.4 Å². The van der Waals surface area contributed by atoms with Crippen molar-refractivity contribution in [2.75, 3.05) is 7.11 Å². The van der Waals surface area contributed by atoms with Crippen LogP contribution in [0.1, 0.15) is 36.7 Å². The molecule has 2 N–H and O–H groups in total. The Hall–Kier alpha value is -1.88. The predicted octanol–water partition coefficient (Wildman–Crippen LogP) is 1.21. The summed E-state index contributed by atoms with van der Waals surface area (Å²) >= 11 is 0. The number of aliphatic hydroxyl groups is 1. The van der Waals surface area contributed by atoms with Crippen molar-refractivity contribution in [1.29, 1.82) is 0 Å². The van der Waals surface area contributed by atoms with Gasteiger partial charge in [-0.2, -0.15) is 0 Å². The number of esters is 1. The van der Waals surface area contributed by atoms with Crippen molar-refractivity contribution in [2.24, 2.45) is 0 Å². The molecule has 5 heteroatoms. The van der Waals surface area contributed by atoms with E-state index in [0.717, 1.165) is 0 Å². The Bertz CT molecular complexity index is 477. The highest BCUT2D eigenvalue weighted by molar-refractivity contribution is 5.96. The first kappa shape index (κ1) is 15.2. The molecule has 0 heterocycles. The number of carbonyl (C=O) groups excluding carboxylic acids is 2. The van der Waals surface area contributed by atoms with Crippen LogP contribution in [-0.2, 0) is 15.1 Å². The first-order chi connectivity index (χ1) is 8.75. The SMILES string of the molecule is COC(=O)C(C)NC(=O)c1cccc(C(C)(C)O)c1. The number of hydrogen-bond donors (Lipinski definition) is 2. The quantitative estimate of drug-likeness (QED) is 0.802. The first-order valence-electron chi connectivity index (χ1n) is 5.97. The van der Waals surface area contributed by atoms with Gasteiger partial charge in [-0.05, 0) is 38.5 Å². The second-order valence-electron chi connectivity index (χ2n) is 4.86. The minimum absolute atomic E-state index is 0.385. The zero-order valence-electron chi connectivity index (χ0n) is 11.6. The Labute approximate surface area is 112 Å². The number of carbonyl (C=O) groups is 2. The lowest BCUT2D eigenvalue weighted by atomic mass is 9.96. The molecule has 0 aliphatic carbocycles. The summed E-state index contributed by atoms with van der Waals surface area (Å²) in [7, 11) is 1.26. The molecule has 1 unspecified atom stereocenters. The van der Waals surface area contributed by atoms with Crippen LogP contribution in [0.2, 0.25) is 0 Å². The monoisotopic (exact) mass is 265 g/mol. The number of benzene rings is 1. The van der Waals surface area contributed by atoms with Crippen molar-refractivity contribution in [3.8, 4) is 0 Å². The predicted molar refractivity (Wildman–Crippen MR) is 70.6 cm³/mol. The Morgan fingerprint density at radius 1 is 1.37 bits per heavy atom. The molecule has 1 atom stereocenters. The minimum atomic E-state index is -1.02. The molecular weight excluding hydrogens is 246 g/mol. The van der Waals surface area contributed by atoms with E-state index in [0.29, 0.717) is 11.1 Å². The average Bonchev–Trinajstić information content (AvgIpc) is 2.36. The molecule has 1 aromatic rings. The van der Waals surface area contributed by atoms with Crippen molar-refractivity contribution in [3.63, 3.8) is 0 Å². The molecule has 1 aromatic carbocycles. The number of hydrogen-bond acceptors (Lipinski definition) is 4. The van der Waals surface area contributed by atoms with Crippen LogP contribution in [0.4, 0.5) is 0 Å². The van der Waals surface area contributed by atoms with Gasteiger partial charge in [0.05, 0.1) is 12.7 Å². The van der Waals surface area contributed by atoms with Crippen LogP contribution in [0, 0.1) is 0 Å². The van der Waals surface area contributed by atoms with E-state index in [1.807, 2.05) is 0 Å². The fourth-order valence-electron chi connectivity index (χ4n) is 1.56. The summed E-state index contributed by atoms with van der Waals surface area (Å²) in [5.41, 5.74) is -0.00851. The van der Waals surface area contributed by atoms with Gasteiger partial charge in [-0.3, -0.25) is 4.79 Å². The normalized spacial score (nSPS) is 12.7. The summed E-state index contributed by atoms with van der Waals surface area (Å²) < 4.78 is 4.53. The lowest BCUT2D eigenvalue weighted by Crippen LogP contribution is -2.39. The van der Waals surface area contributed by atoms with E-state index in [2.05, 4.69) is 10.1 Å². The molecule has 0 radical (unpaired) electrons. The number of nitrogens with one attached hydrogen (secondary N) is 1. The second kappa shape index (κ2) is 5.84. The van der Waals surface area contributed by atoms with Gasteiger partial charge in [0, 0.05) is 5.56 Å². The van der Waals surface area contributed by atoms with Crippen molar-refractivity contribution in [1.82, 2.24) is 5.32 Å². The molecule has 0 bridgehead atoms. The highest BCUT2D eigenvalue weighted by atomic mass is 16.5. The number of amides is 1. The van der Waals surface area contributed by atoms with E-state index in [4.69, 9.17) is 0 Å². The Morgan fingerprint density at radius 2 is 2.00 bits per heavy atom. The molecule has 0 saturated carbocycles. The van der Waals surface area contributed by atoms with Gasteiger partial charge in [-0.15, -0.1) is 0 Å². The third kappa shape index (κ3) is 4.06. The van der Waals surface area contributed by atoms with E-state index < -0.39 is 17.6 Å². The molecule has 19 heavy (non-hydrogen) atoms. The molecule has 1 amide bonds. The van der Waals surface area contributed by atoms with Gasteiger partial charge in [0.1, 0.15) is 6.04 Å². The Kier molecular flexibility index (Phi) is 4.67. The minimum Gasteiger partial charge on any atom is -0.467 e. The van der Waals surface area contributed by atoms with Crippen molar-refractivity contribution in [2.45, 2.75) is 32.4 Å². The van der Waals surface area contributed by atoms with Crippen LogP contribution >= 0.6 is 0 Å². The number of ether oxygens (including phenoxy) is 1. The summed E-state index contributed by atoms with van der Waals surface area (Å²) in [5, 5.41) is 12.4. The summed E-state index contributed by atoms with van der Waals surface area (Å²) in [6, 6.07) is 5.92. The molecule has 0 aromatic heterocycles. The fourth-order valence-corrected chi connectivity index (χ4v) is 1.56. The molecule has 0 aliphatic heterocycles. The standard InChI is InChI=1S/C14H19NO4/c1-9(13(17)19-4)15-12(16)10-6-5-7-11(8-10)14(2,3)18/h5-9,18H,1-4H3,(H,15,16). The van der Waals surface area contributed by atoms with E-state index in [1.54, 1.807) is 45.0 Å². The van der Waals surface area contributed by atoms with Gasteiger partial charge in [0.15, 0.2) is 0 Å². The van der Waals surface area contributed by atoms with E-state index >= 15 is 0 Å². The van der Waals surface area contributed by atoms with Gasteiger partial charge in [-0.25, -0.2) is 4.79 Å². The van der Waals surface area contributed by atoms with Crippen LogP contribution in [-0.4, -0.2) is 30.1 Å². The topological polar surface area (TPSA) is 75.6 Å². The Morgan fingerprint density at radius 3 is 2.53 bits per heavy atom. The lowest BCUT2D eigenvalue weighted by molar-refractivity contribution is -0.142. The van der Waals surface area contributed by atoms with E-state index in [9.17, 15) is 14.7 Å². The molecule has 0 fully saturated rings. The van der Waals surface area contributed by atoms with Crippen molar-refractivity contribution >= 4 is 11.9 Å². The largest absolute Gasteiger partial charge is 0.467 e. The molecular formula is C14H19NO4. The smallest absolute Gasteiger partial charge is 0.328 e. The van der Waals surface area contributed by atoms with E-state index in [-0.39, 0.29) is 5.91 Å². The van der Waals surface area contributed by atoms with Gasteiger partial charge in [0.2, 0.25) is 0 Å². The number of rotatable bonds is 4. The molecule has 0 aliphatic rings. The first-order valence-corrected chi connectivity index (χ1v) is 5.97. The molecule has 0 spiro atoms. The molecule has 5 nitrogen and oxygen atoms in total. The summed E-state index contributed by atoms with van der Waals surface area (Å²) in [5.74, 6) is -0.893. The third-order valence-corrected chi connectivity index (χ3v) is 2.73.